The molecule has 0 amide bonds. The number of aliphatic hydroxyl groups excluding tert-OH is 1. The van der Waals surface area contributed by atoms with Crippen LogP contribution in [0.15, 0.2) is 24.5 Å². The summed E-state index contributed by atoms with van der Waals surface area (Å²) in [6.45, 7) is 1.13. The minimum Gasteiger partial charge on any atom is -0.396 e. The molecule has 0 aliphatic carbocycles. The van der Waals surface area contributed by atoms with Gasteiger partial charge in [-0.05, 0) is 24.3 Å². The Morgan fingerprint density at radius 3 is 2.94 bits per heavy atom. The van der Waals surface area contributed by atoms with Crippen molar-refractivity contribution in [1.29, 1.82) is 0 Å². The van der Waals surface area contributed by atoms with Gasteiger partial charge in [-0.3, -0.25) is 4.98 Å². The monoisotopic (exact) mass is 264 g/mol. The zero-order valence-electron chi connectivity index (χ0n) is 10.0. The fourth-order valence-electron chi connectivity index (χ4n) is 1.47. The van der Waals surface area contributed by atoms with E-state index in [4.69, 9.17) is 5.11 Å². The van der Waals surface area contributed by atoms with Crippen LogP contribution in [0.25, 0.3) is 11.2 Å². The first-order valence-electron chi connectivity index (χ1n) is 5.90. The van der Waals surface area contributed by atoms with E-state index in [1.54, 1.807) is 12.4 Å². The van der Waals surface area contributed by atoms with Gasteiger partial charge in [-0.15, -0.1) is 0 Å². The second-order valence-corrected chi connectivity index (χ2v) is 4.94. The molecule has 0 bridgehead atoms. The molecule has 2 aromatic rings. The third-order valence-corrected chi connectivity index (χ3v) is 3.40. The van der Waals surface area contributed by atoms with E-state index in [9.17, 15) is 0 Å². The van der Waals surface area contributed by atoms with Crippen molar-refractivity contribution in [2.45, 2.75) is 6.42 Å². The number of fused-ring (bicyclic) bond motifs is 1. The van der Waals surface area contributed by atoms with Crippen molar-refractivity contribution < 1.29 is 5.11 Å². The lowest BCUT2D eigenvalue weighted by atomic mass is 10.4. The van der Waals surface area contributed by atoms with Crippen LogP contribution in [0.1, 0.15) is 6.42 Å². The maximum atomic E-state index is 8.65. The minimum absolute atomic E-state index is 0.269. The van der Waals surface area contributed by atoms with Crippen LogP contribution in [-0.2, 0) is 0 Å². The van der Waals surface area contributed by atoms with Crippen LogP contribution in [0.2, 0.25) is 0 Å². The molecule has 0 spiro atoms. The molecule has 0 aromatic carbocycles. The third-order valence-electron chi connectivity index (χ3n) is 2.33. The van der Waals surface area contributed by atoms with Gasteiger partial charge in [0.15, 0.2) is 5.65 Å². The van der Waals surface area contributed by atoms with Crippen LogP contribution in [0.3, 0.4) is 0 Å². The number of aromatic nitrogens is 3. The van der Waals surface area contributed by atoms with E-state index in [0.717, 1.165) is 35.8 Å². The molecule has 18 heavy (non-hydrogen) atoms. The van der Waals surface area contributed by atoms with Gasteiger partial charge in [0.05, 0.1) is 0 Å². The zero-order valence-corrected chi connectivity index (χ0v) is 10.9. The quantitative estimate of drug-likeness (QED) is 0.739. The molecule has 0 fully saturated rings. The molecule has 2 rings (SSSR count). The van der Waals surface area contributed by atoms with Crippen LogP contribution >= 0.6 is 11.8 Å². The molecule has 0 aliphatic rings. The Bertz CT molecular complexity index is 494. The first kappa shape index (κ1) is 13.0. The van der Waals surface area contributed by atoms with Crippen LogP contribution < -0.4 is 5.32 Å². The topological polar surface area (TPSA) is 70.9 Å². The van der Waals surface area contributed by atoms with E-state index in [0.29, 0.717) is 5.65 Å². The first-order chi connectivity index (χ1) is 8.90. The normalized spacial score (nSPS) is 10.7. The second kappa shape index (κ2) is 7.13. The smallest absolute Gasteiger partial charge is 0.180 e. The number of aliphatic hydroxyl groups is 1. The lowest BCUT2D eigenvalue weighted by molar-refractivity contribution is 0.296. The predicted molar refractivity (Wildman–Crippen MR) is 74.9 cm³/mol. The van der Waals surface area contributed by atoms with E-state index in [2.05, 4.69) is 20.3 Å². The van der Waals surface area contributed by atoms with Crippen molar-refractivity contribution >= 4 is 28.7 Å². The molecular formula is C12H16N4OS. The Morgan fingerprint density at radius 2 is 2.06 bits per heavy atom. The average Bonchev–Trinajstić information content (AvgIpc) is 2.42. The van der Waals surface area contributed by atoms with Crippen LogP contribution in [-0.4, -0.2) is 44.7 Å². The molecule has 2 aromatic heterocycles. The summed E-state index contributed by atoms with van der Waals surface area (Å²) in [4.78, 5) is 12.7. The van der Waals surface area contributed by atoms with Crippen molar-refractivity contribution in [3.05, 3.63) is 24.5 Å². The number of nitrogens with one attached hydrogen (secondary N) is 1. The number of thioether (sulfide) groups is 1. The number of pyridine rings is 1. The first-order valence-corrected chi connectivity index (χ1v) is 7.06. The molecule has 6 heteroatoms. The van der Waals surface area contributed by atoms with Gasteiger partial charge in [0.2, 0.25) is 0 Å². The second-order valence-electron chi connectivity index (χ2n) is 3.71. The molecule has 0 saturated carbocycles. The summed E-state index contributed by atoms with van der Waals surface area (Å²) in [7, 11) is 0. The summed E-state index contributed by atoms with van der Waals surface area (Å²) < 4.78 is 0. The largest absolute Gasteiger partial charge is 0.396 e. The molecular weight excluding hydrogens is 248 g/mol. The highest BCUT2D eigenvalue weighted by atomic mass is 32.2. The highest BCUT2D eigenvalue weighted by molar-refractivity contribution is 7.99. The lowest BCUT2D eigenvalue weighted by Gasteiger charge is -2.05. The van der Waals surface area contributed by atoms with Crippen molar-refractivity contribution in [2.24, 2.45) is 0 Å². The molecule has 0 radical (unpaired) electrons. The van der Waals surface area contributed by atoms with Gasteiger partial charge in [-0.25, -0.2) is 9.97 Å². The number of hydrogen-bond acceptors (Lipinski definition) is 6. The molecule has 0 saturated heterocycles. The van der Waals surface area contributed by atoms with Crippen molar-refractivity contribution in [1.82, 2.24) is 15.0 Å². The standard InChI is InChI=1S/C12H16N4OS/c17-7-1-8-18-9-6-14-11-3-2-10-12(16-11)15-5-4-13-10/h2-5,17H,1,6-9H2,(H,14,15,16). The molecule has 5 nitrogen and oxygen atoms in total. The summed E-state index contributed by atoms with van der Waals surface area (Å²) in [5.74, 6) is 2.82. The summed E-state index contributed by atoms with van der Waals surface area (Å²) >= 11 is 1.82. The number of nitrogens with zero attached hydrogens (tertiary/aromatic N) is 3. The Morgan fingerprint density at radius 1 is 1.17 bits per heavy atom. The van der Waals surface area contributed by atoms with E-state index in [-0.39, 0.29) is 6.61 Å². The fourth-order valence-corrected chi connectivity index (χ4v) is 2.26. The van der Waals surface area contributed by atoms with Gasteiger partial charge in [0.25, 0.3) is 0 Å². The van der Waals surface area contributed by atoms with Crippen LogP contribution in [0.5, 0.6) is 0 Å². The molecule has 0 aliphatic heterocycles. The summed E-state index contributed by atoms with van der Waals surface area (Å²) in [5.41, 5.74) is 1.47. The fraction of sp³-hybridized carbons (Fsp3) is 0.417. The van der Waals surface area contributed by atoms with Gasteiger partial charge in [0.1, 0.15) is 11.3 Å². The zero-order chi connectivity index (χ0) is 12.6. The van der Waals surface area contributed by atoms with E-state index in [1.807, 2.05) is 23.9 Å². The Labute approximate surface area is 110 Å². The minimum atomic E-state index is 0.269. The van der Waals surface area contributed by atoms with Crippen LogP contribution in [0, 0.1) is 0 Å². The van der Waals surface area contributed by atoms with Gasteiger partial charge in [-0.2, -0.15) is 11.8 Å². The Hall–Kier alpha value is -1.40. The predicted octanol–water partition coefficient (Wildman–Crippen LogP) is 1.55. The molecule has 0 atom stereocenters. The maximum Gasteiger partial charge on any atom is 0.180 e. The Kier molecular flexibility index (Phi) is 5.16. The lowest BCUT2D eigenvalue weighted by Crippen LogP contribution is -2.06. The van der Waals surface area contributed by atoms with Gasteiger partial charge in [0, 0.05) is 31.3 Å². The Balaban J connectivity index is 1.81. The molecule has 96 valence electrons. The average molecular weight is 264 g/mol. The molecule has 2 heterocycles. The van der Waals surface area contributed by atoms with Crippen molar-refractivity contribution in [3.63, 3.8) is 0 Å². The number of anilines is 1. The van der Waals surface area contributed by atoms with Crippen molar-refractivity contribution in [3.8, 4) is 0 Å². The van der Waals surface area contributed by atoms with Crippen LogP contribution in [0.4, 0.5) is 5.82 Å². The summed E-state index contributed by atoms with van der Waals surface area (Å²) in [6, 6.07) is 3.83. The SMILES string of the molecule is OCCCSCCNc1ccc2nccnc2n1. The molecule has 0 unspecified atom stereocenters. The maximum absolute atomic E-state index is 8.65. The number of hydrogen-bond donors (Lipinski definition) is 2. The summed E-state index contributed by atoms with van der Waals surface area (Å²) in [6.07, 6.45) is 4.16. The summed E-state index contributed by atoms with van der Waals surface area (Å²) in [5, 5.41) is 11.9. The third kappa shape index (κ3) is 3.82. The molecule has 2 N–H and O–H groups in total. The highest BCUT2D eigenvalue weighted by Crippen LogP contribution is 2.10. The van der Waals surface area contributed by atoms with E-state index >= 15 is 0 Å². The van der Waals surface area contributed by atoms with E-state index in [1.165, 1.54) is 0 Å². The van der Waals surface area contributed by atoms with Gasteiger partial charge in [-0.1, -0.05) is 0 Å². The van der Waals surface area contributed by atoms with Gasteiger partial charge < -0.3 is 10.4 Å². The number of rotatable bonds is 7. The highest BCUT2D eigenvalue weighted by Gasteiger charge is 1.98. The van der Waals surface area contributed by atoms with E-state index < -0.39 is 0 Å². The van der Waals surface area contributed by atoms with Crippen molar-refractivity contribution in [2.75, 3.05) is 30.0 Å². The van der Waals surface area contributed by atoms with Gasteiger partial charge >= 0.3 is 0 Å².